The summed E-state index contributed by atoms with van der Waals surface area (Å²) in [5, 5.41) is 2.55. The number of allylic oxidation sites excluding steroid dienone is 2. The van der Waals surface area contributed by atoms with Gasteiger partial charge in [0.15, 0.2) is 0 Å². The standard InChI is InChI=1S/C20H35NO4S/c1-7-8-9-10-11-12-13-14-16(2)26-15-17(18(22)24-6)21-19(23)25-20(3,4)5/h13-14,17H,2,7-12,15H2,1,3-6H3,(H,21,23)/b14-13+/t17-/m0/s1. The molecule has 0 spiro atoms. The minimum absolute atomic E-state index is 0.339. The van der Waals surface area contributed by atoms with Crippen molar-refractivity contribution >= 4 is 23.8 Å². The van der Waals surface area contributed by atoms with Crippen LogP contribution in [0.3, 0.4) is 0 Å². The van der Waals surface area contributed by atoms with Crippen molar-refractivity contribution in [1.82, 2.24) is 5.32 Å². The summed E-state index contributed by atoms with van der Waals surface area (Å²) in [6.45, 7) is 11.5. The van der Waals surface area contributed by atoms with Gasteiger partial charge in [-0.05, 0) is 38.5 Å². The second-order valence-electron chi connectivity index (χ2n) is 7.10. The van der Waals surface area contributed by atoms with Gasteiger partial charge < -0.3 is 14.8 Å². The van der Waals surface area contributed by atoms with Gasteiger partial charge in [-0.25, -0.2) is 9.59 Å². The van der Waals surface area contributed by atoms with E-state index in [1.54, 1.807) is 20.8 Å². The summed E-state index contributed by atoms with van der Waals surface area (Å²) in [5.41, 5.74) is -0.624. The Labute approximate surface area is 163 Å². The van der Waals surface area contributed by atoms with E-state index in [4.69, 9.17) is 9.47 Å². The number of amides is 1. The van der Waals surface area contributed by atoms with E-state index in [-0.39, 0.29) is 0 Å². The Balaban J connectivity index is 4.29. The number of thioether (sulfide) groups is 1. The predicted molar refractivity (Wildman–Crippen MR) is 109 cm³/mol. The van der Waals surface area contributed by atoms with Crippen LogP contribution in [-0.2, 0) is 14.3 Å². The molecule has 0 bridgehead atoms. The van der Waals surface area contributed by atoms with Crippen LogP contribution < -0.4 is 5.32 Å². The van der Waals surface area contributed by atoms with E-state index in [0.29, 0.717) is 5.75 Å². The van der Waals surface area contributed by atoms with Gasteiger partial charge in [0, 0.05) is 5.75 Å². The molecular formula is C20H35NO4S. The van der Waals surface area contributed by atoms with Crippen molar-refractivity contribution in [3.8, 4) is 0 Å². The molecule has 0 aliphatic carbocycles. The van der Waals surface area contributed by atoms with Gasteiger partial charge in [0.05, 0.1) is 7.11 Å². The lowest BCUT2D eigenvalue weighted by Crippen LogP contribution is -2.45. The first-order chi connectivity index (χ1) is 12.2. The van der Waals surface area contributed by atoms with Crippen molar-refractivity contribution in [1.29, 1.82) is 0 Å². The van der Waals surface area contributed by atoms with Crippen LogP contribution in [0.5, 0.6) is 0 Å². The first-order valence-electron chi connectivity index (χ1n) is 9.25. The highest BCUT2D eigenvalue weighted by Gasteiger charge is 2.25. The molecule has 0 rings (SSSR count). The Morgan fingerprint density at radius 1 is 1.19 bits per heavy atom. The second-order valence-corrected chi connectivity index (χ2v) is 8.25. The Hall–Kier alpha value is -1.43. The molecule has 0 unspecified atom stereocenters. The third kappa shape index (κ3) is 13.8. The number of nitrogens with one attached hydrogen (secondary N) is 1. The topological polar surface area (TPSA) is 64.6 Å². The lowest BCUT2D eigenvalue weighted by atomic mass is 10.1. The van der Waals surface area contributed by atoms with Crippen LogP contribution in [0, 0.1) is 0 Å². The lowest BCUT2D eigenvalue weighted by Gasteiger charge is -2.22. The fourth-order valence-corrected chi connectivity index (χ4v) is 2.87. The van der Waals surface area contributed by atoms with Crippen molar-refractivity contribution in [2.45, 2.75) is 77.9 Å². The number of carbonyl (C=O) groups is 2. The van der Waals surface area contributed by atoms with Crippen molar-refractivity contribution in [2.75, 3.05) is 12.9 Å². The van der Waals surface area contributed by atoms with Gasteiger partial charge >= 0.3 is 12.1 Å². The normalized spacial score (nSPS) is 12.7. The Morgan fingerprint density at radius 2 is 1.85 bits per heavy atom. The maximum absolute atomic E-state index is 11.9. The van der Waals surface area contributed by atoms with E-state index in [9.17, 15) is 9.59 Å². The van der Waals surface area contributed by atoms with E-state index in [2.05, 4.69) is 24.9 Å². The van der Waals surface area contributed by atoms with Gasteiger partial charge in [0.25, 0.3) is 0 Å². The van der Waals surface area contributed by atoms with Crippen LogP contribution in [-0.4, -0.2) is 36.6 Å². The molecule has 5 nitrogen and oxygen atoms in total. The van der Waals surface area contributed by atoms with E-state index in [0.717, 1.165) is 11.3 Å². The number of rotatable bonds is 12. The minimum atomic E-state index is -0.779. The minimum Gasteiger partial charge on any atom is -0.467 e. The van der Waals surface area contributed by atoms with Crippen LogP contribution in [0.1, 0.15) is 66.2 Å². The smallest absolute Gasteiger partial charge is 0.408 e. The van der Waals surface area contributed by atoms with Crippen molar-refractivity contribution in [3.63, 3.8) is 0 Å². The Bertz CT molecular complexity index is 469. The molecule has 1 N–H and O–H groups in total. The number of unbranched alkanes of at least 4 members (excludes halogenated alkanes) is 5. The molecule has 1 amide bonds. The van der Waals surface area contributed by atoms with E-state index in [1.165, 1.54) is 51.0 Å². The third-order valence-electron chi connectivity index (χ3n) is 3.39. The van der Waals surface area contributed by atoms with Crippen LogP contribution >= 0.6 is 11.8 Å². The van der Waals surface area contributed by atoms with Gasteiger partial charge in [0.1, 0.15) is 11.6 Å². The Kier molecular flexibility index (Phi) is 13.0. The molecule has 0 saturated heterocycles. The molecule has 150 valence electrons. The number of hydrogen-bond donors (Lipinski definition) is 1. The van der Waals surface area contributed by atoms with Gasteiger partial charge in [-0.2, -0.15) is 0 Å². The first-order valence-corrected chi connectivity index (χ1v) is 10.2. The summed E-state index contributed by atoms with van der Waals surface area (Å²) < 4.78 is 9.94. The van der Waals surface area contributed by atoms with Crippen LogP contribution in [0.2, 0.25) is 0 Å². The molecule has 0 fully saturated rings. The lowest BCUT2D eigenvalue weighted by molar-refractivity contribution is -0.142. The summed E-state index contributed by atoms with van der Waals surface area (Å²) in [6.07, 6.45) is 10.7. The first kappa shape index (κ1) is 24.6. The Morgan fingerprint density at radius 3 is 2.42 bits per heavy atom. The molecule has 0 heterocycles. The second kappa shape index (κ2) is 13.7. The zero-order valence-corrected chi connectivity index (χ0v) is 17.7. The average molecular weight is 386 g/mol. The fourth-order valence-electron chi connectivity index (χ4n) is 2.08. The molecule has 0 aliphatic heterocycles. The van der Waals surface area contributed by atoms with Crippen molar-refractivity contribution in [3.05, 3.63) is 23.6 Å². The average Bonchev–Trinajstić information content (AvgIpc) is 2.55. The number of esters is 1. The summed E-state index contributed by atoms with van der Waals surface area (Å²) in [5.74, 6) is -0.165. The molecule has 1 atom stereocenters. The maximum atomic E-state index is 11.9. The third-order valence-corrected chi connectivity index (χ3v) is 4.40. The number of carbonyl (C=O) groups excluding carboxylic acids is 2. The summed E-state index contributed by atoms with van der Waals surface area (Å²) in [7, 11) is 1.30. The summed E-state index contributed by atoms with van der Waals surface area (Å²) in [4.78, 5) is 24.6. The molecule has 26 heavy (non-hydrogen) atoms. The number of methoxy groups -OCH3 is 1. The number of alkyl carbamates (subject to hydrolysis) is 1. The molecule has 0 radical (unpaired) electrons. The van der Waals surface area contributed by atoms with Crippen LogP contribution in [0.4, 0.5) is 4.79 Å². The highest BCUT2D eigenvalue weighted by Crippen LogP contribution is 2.18. The molecule has 0 aromatic heterocycles. The molecule has 0 aromatic rings. The zero-order valence-electron chi connectivity index (χ0n) is 16.9. The monoisotopic (exact) mass is 385 g/mol. The number of hydrogen-bond acceptors (Lipinski definition) is 5. The van der Waals surface area contributed by atoms with Gasteiger partial charge in [-0.1, -0.05) is 51.3 Å². The van der Waals surface area contributed by atoms with Gasteiger partial charge in [-0.3, -0.25) is 0 Å². The quantitative estimate of drug-likeness (QED) is 0.283. The molecular weight excluding hydrogens is 350 g/mol. The predicted octanol–water partition coefficient (Wildman–Crippen LogP) is 5.22. The van der Waals surface area contributed by atoms with E-state index >= 15 is 0 Å². The molecule has 0 saturated carbocycles. The fraction of sp³-hybridized carbons (Fsp3) is 0.700. The zero-order chi connectivity index (χ0) is 20.0. The highest BCUT2D eigenvalue weighted by atomic mass is 32.2. The molecule has 6 heteroatoms. The van der Waals surface area contributed by atoms with Gasteiger partial charge in [-0.15, -0.1) is 11.8 Å². The van der Waals surface area contributed by atoms with E-state index in [1.807, 2.05) is 6.08 Å². The van der Waals surface area contributed by atoms with E-state index < -0.39 is 23.7 Å². The molecule has 0 aromatic carbocycles. The van der Waals surface area contributed by atoms with Crippen molar-refractivity contribution in [2.24, 2.45) is 0 Å². The van der Waals surface area contributed by atoms with Crippen molar-refractivity contribution < 1.29 is 19.1 Å². The largest absolute Gasteiger partial charge is 0.467 e. The van der Waals surface area contributed by atoms with Crippen LogP contribution in [0.15, 0.2) is 23.6 Å². The van der Waals surface area contributed by atoms with Crippen LogP contribution in [0.25, 0.3) is 0 Å². The maximum Gasteiger partial charge on any atom is 0.408 e. The van der Waals surface area contributed by atoms with Gasteiger partial charge in [0.2, 0.25) is 0 Å². The molecule has 0 aliphatic rings. The highest BCUT2D eigenvalue weighted by molar-refractivity contribution is 8.03. The number of ether oxygens (including phenoxy) is 2. The summed E-state index contributed by atoms with van der Waals surface area (Å²) >= 11 is 1.41. The SMILES string of the molecule is C=C(/C=C/CCCCCCC)SC[C@H](NC(=O)OC(C)(C)C)C(=O)OC. The summed E-state index contributed by atoms with van der Waals surface area (Å²) in [6, 6.07) is -0.779.